The van der Waals surface area contributed by atoms with E-state index < -0.39 is 0 Å². The highest BCUT2D eigenvalue weighted by molar-refractivity contribution is 5.85. The molecule has 4 rings (SSSR count). The van der Waals surface area contributed by atoms with Crippen molar-refractivity contribution in [1.29, 1.82) is 0 Å². The molecule has 0 spiro atoms. The van der Waals surface area contributed by atoms with Crippen molar-refractivity contribution >= 4 is 23.3 Å². The van der Waals surface area contributed by atoms with E-state index in [1.54, 1.807) is 0 Å². The number of nitrogens with zero attached hydrogens (tertiary/aromatic N) is 4. The Morgan fingerprint density at radius 3 is 2.76 bits per heavy atom. The zero-order chi connectivity index (χ0) is 16.4. The molecule has 3 aromatic rings. The molecule has 0 bridgehead atoms. The average Bonchev–Trinajstić information content (AvgIpc) is 3.01. The number of piperazine rings is 1. The van der Waals surface area contributed by atoms with Gasteiger partial charge in [-0.15, -0.1) is 12.4 Å². The number of hydrogen-bond donors (Lipinski definition) is 1. The highest BCUT2D eigenvalue weighted by atomic mass is 35.5. The third-order valence-corrected chi connectivity index (χ3v) is 4.83. The van der Waals surface area contributed by atoms with Crippen LogP contribution in [0.1, 0.15) is 24.2 Å². The highest BCUT2D eigenvalue weighted by Gasteiger charge is 2.25. The van der Waals surface area contributed by atoms with Crippen molar-refractivity contribution in [3.8, 4) is 0 Å². The van der Waals surface area contributed by atoms with Crippen LogP contribution in [0.2, 0.25) is 0 Å². The number of aryl methyl sites for hydroxylation is 1. The topological polar surface area (TPSA) is 46.0 Å². The van der Waals surface area contributed by atoms with E-state index in [1.165, 1.54) is 22.2 Å². The summed E-state index contributed by atoms with van der Waals surface area (Å²) in [5.74, 6) is 0. The van der Waals surface area contributed by atoms with Crippen LogP contribution in [0.5, 0.6) is 0 Å². The summed E-state index contributed by atoms with van der Waals surface area (Å²) >= 11 is 0. The van der Waals surface area contributed by atoms with Crippen LogP contribution in [0.3, 0.4) is 0 Å². The monoisotopic (exact) mass is 357 g/mol. The normalized spacial score (nSPS) is 18.2. The van der Waals surface area contributed by atoms with Crippen molar-refractivity contribution in [3.63, 3.8) is 0 Å². The van der Waals surface area contributed by atoms with E-state index >= 15 is 0 Å². The number of rotatable bonds is 4. The first-order chi connectivity index (χ1) is 11.9. The second-order valence-electron chi connectivity index (χ2n) is 6.25. The Morgan fingerprint density at radius 1 is 1.16 bits per heavy atom. The number of benzene rings is 1. The molecular formula is C19H24ClN5. The Labute approximate surface area is 154 Å². The van der Waals surface area contributed by atoms with E-state index in [4.69, 9.17) is 5.10 Å². The molecule has 132 valence electrons. The molecule has 1 aromatic carbocycles. The standard InChI is InChI=1S/C19H23N5.ClH/c1-2-24-18-6-4-3-5-16(18)17(22-24)14-23-12-11-21-13-19(23)15-7-9-20-10-8-15;/h3-10,19,21H,2,11-14H2,1H3;1H. The lowest BCUT2D eigenvalue weighted by Crippen LogP contribution is -2.45. The molecule has 6 heteroatoms. The van der Waals surface area contributed by atoms with Crippen LogP contribution in [0, 0.1) is 0 Å². The molecule has 0 amide bonds. The Kier molecular flexibility index (Phi) is 5.68. The first kappa shape index (κ1) is 17.9. The summed E-state index contributed by atoms with van der Waals surface area (Å²) in [7, 11) is 0. The Bertz CT molecular complexity index is 817. The summed E-state index contributed by atoms with van der Waals surface area (Å²) in [6.45, 7) is 6.94. The Morgan fingerprint density at radius 2 is 1.96 bits per heavy atom. The third kappa shape index (κ3) is 3.54. The maximum atomic E-state index is 4.87. The fraction of sp³-hybridized carbons (Fsp3) is 0.368. The summed E-state index contributed by atoms with van der Waals surface area (Å²) in [5, 5.41) is 9.66. The maximum absolute atomic E-state index is 4.87. The SMILES string of the molecule is CCn1nc(CN2CCNCC2c2ccncc2)c2ccccc21.Cl. The third-order valence-electron chi connectivity index (χ3n) is 4.83. The zero-order valence-corrected chi connectivity index (χ0v) is 15.2. The van der Waals surface area contributed by atoms with Crippen LogP contribution in [0.15, 0.2) is 48.8 Å². The van der Waals surface area contributed by atoms with Crippen LogP contribution in [-0.2, 0) is 13.1 Å². The van der Waals surface area contributed by atoms with Crippen molar-refractivity contribution in [2.45, 2.75) is 26.1 Å². The van der Waals surface area contributed by atoms with Crippen LogP contribution in [0.4, 0.5) is 0 Å². The van der Waals surface area contributed by atoms with Crippen molar-refractivity contribution in [1.82, 2.24) is 25.0 Å². The van der Waals surface area contributed by atoms with Crippen LogP contribution in [-0.4, -0.2) is 39.3 Å². The molecule has 1 atom stereocenters. The molecular weight excluding hydrogens is 334 g/mol. The number of pyridine rings is 1. The van der Waals surface area contributed by atoms with Gasteiger partial charge in [0.05, 0.1) is 11.2 Å². The van der Waals surface area contributed by atoms with Gasteiger partial charge in [0, 0.05) is 56.5 Å². The highest BCUT2D eigenvalue weighted by Crippen LogP contribution is 2.26. The molecule has 1 aliphatic heterocycles. The Hall–Kier alpha value is -1.95. The average molecular weight is 358 g/mol. The van der Waals surface area contributed by atoms with Gasteiger partial charge in [0.25, 0.3) is 0 Å². The summed E-state index contributed by atoms with van der Waals surface area (Å²) in [4.78, 5) is 6.68. The minimum Gasteiger partial charge on any atom is -0.314 e. The molecule has 3 heterocycles. The maximum Gasteiger partial charge on any atom is 0.0843 e. The van der Waals surface area contributed by atoms with E-state index in [-0.39, 0.29) is 12.4 Å². The number of aromatic nitrogens is 3. The predicted octanol–water partition coefficient (Wildman–Crippen LogP) is 3.02. The smallest absolute Gasteiger partial charge is 0.0843 e. The van der Waals surface area contributed by atoms with E-state index in [0.29, 0.717) is 6.04 Å². The van der Waals surface area contributed by atoms with Crippen molar-refractivity contribution in [2.24, 2.45) is 0 Å². The summed E-state index contributed by atoms with van der Waals surface area (Å²) in [5.41, 5.74) is 3.72. The lowest BCUT2D eigenvalue weighted by molar-refractivity contribution is 0.152. The van der Waals surface area contributed by atoms with Gasteiger partial charge in [-0.1, -0.05) is 18.2 Å². The molecule has 1 aliphatic rings. The van der Waals surface area contributed by atoms with Crippen molar-refractivity contribution in [2.75, 3.05) is 19.6 Å². The van der Waals surface area contributed by atoms with E-state index in [1.807, 2.05) is 12.4 Å². The molecule has 0 aliphatic carbocycles. The number of nitrogens with one attached hydrogen (secondary N) is 1. The van der Waals surface area contributed by atoms with E-state index in [2.05, 4.69) is 63.2 Å². The molecule has 2 aromatic heterocycles. The first-order valence-corrected chi connectivity index (χ1v) is 8.66. The van der Waals surface area contributed by atoms with Gasteiger partial charge in [0.2, 0.25) is 0 Å². The second-order valence-corrected chi connectivity index (χ2v) is 6.25. The van der Waals surface area contributed by atoms with Gasteiger partial charge in [0.15, 0.2) is 0 Å². The molecule has 5 nitrogen and oxygen atoms in total. The fourth-order valence-electron chi connectivity index (χ4n) is 3.60. The number of fused-ring (bicyclic) bond motifs is 1. The van der Waals surface area contributed by atoms with Gasteiger partial charge >= 0.3 is 0 Å². The molecule has 0 radical (unpaired) electrons. The molecule has 1 saturated heterocycles. The molecule has 1 fully saturated rings. The second kappa shape index (κ2) is 7.95. The van der Waals surface area contributed by atoms with Crippen molar-refractivity contribution < 1.29 is 0 Å². The van der Waals surface area contributed by atoms with Gasteiger partial charge in [0.1, 0.15) is 0 Å². The lowest BCUT2D eigenvalue weighted by Gasteiger charge is -2.36. The number of para-hydroxylation sites is 1. The van der Waals surface area contributed by atoms with Crippen LogP contribution >= 0.6 is 12.4 Å². The summed E-state index contributed by atoms with van der Waals surface area (Å²) in [6, 6.07) is 13.1. The molecule has 1 N–H and O–H groups in total. The first-order valence-electron chi connectivity index (χ1n) is 8.66. The lowest BCUT2D eigenvalue weighted by atomic mass is 10.0. The van der Waals surface area contributed by atoms with Gasteiger partial charge in [-0.3, -0.25) is 14.6 Å². The Balaban J connectivity index is 0.00000182. The van der Waals surface area contributed by atoms with Crippen molar-refractivity contribution in [3.05, 3.63) is 60.0 Å². The largest absolute Gasteiger partial charge is 0.314 e. The van der Waals surface area contributed by atoms with Gasteiger partial charge in [-0.2, -0.15) is 5.10 Å². The van der Waals surface area contributed by atoms with Crippen LogP contribution < -0.4 is 5.32 Å². The van der Waals surface area contributed by atoms with Gasteiger partial charge in [-0.25, -0.2) is 0 Å². The van der Waals surface area contributed by atoms with Gasteiger partial charge < -0.3 is 5.32 Å². The minimum atomic E-state index is 0. The van der Waals surface area contributed by atoms with Crippen LogP contribution in [0.25, 0.3) is 10.9 Å². The van der Waals surface area contributed by atoms with E-state index in [9.17, 15) is 0 Å². The quantitative estimate of drug-likeness (QED) is 0.779. The number of halogens is 1. The van der Waals surface area contributed by atoms with E-state index in [0.717, 1.165) is 32.7 Å². The summed E-state index contributed by atoms with van der Waals surface area (Å²) in [6.07, 6.45) is 3.76. The number of hydrogen-bond acceptors (Lipinski definition) is 4. The summed E-state index contributed by atoms with van der Waals surface area (Å²) < 4.78 is 2.11. The molecule has 25 heavy (non-hydrogen) atoms. The fourth-order valence-corrected chi connectivity index (χ4v) is 3.60. The minimum absolute atomic E-state index is 0. The molecule has 0 saturated carbocycles. The zero-order valence-electron chi connectivity index (χ0n) is 14.4. The van der Waals surface area contributed by atoms with Gasteiger partial charge in [-0.05, 0) is 30.7 Å². The molecule has 1 unspecified atom stereocenters. The predicted molar refractivity (Wildman–Crippen MR) is 103 cm³/mol.